The number of nitrogens with zero attached hydrogens (tertiary/aromatic N) is 3. The highest BCUT2D eigenvalue weighted by molar-refractivity contribution is 6.34. The third-order valence-corrected chi connectivity index (χ3v) is 3.62. The fourth-order valence-corrected chi connectivity index (χ4v) is 2.56. The van der Waals surface area contributed by atoms with Gasteiger partial charge in [-0.3, -0.25) is 0 Å². The maximum absolute atomic E-state index is 10.0. The van der Waals surface area contributed by atoms with E-state index in [1.54, 1.807) is 12.3 Å². The van der Waals surface area contributed by atoms with Crippen LogP contribution < -0.4 is 5.73 Å². The lowest BCUT2D eigenvalue weighted by molar-refractivity contribution is -0.0508. The molecular formula is C11H13ClN4O4. The molecule has 0 aliphatic carbocycles. The first-order valence-corrected chi connectivity index (χ1v) is 6.32. The summed E-state index contributed by atoms with van der Waals surface area (Å²) >= 11 is 5.97. The Bertz CT molecular complexity index is 649. The minimum atomic E-state index is -1.20. The molecule has 2 aromatic rings. The standard InChI is InChI=1S/C11H13ClN4O4/c12-8-4-1-2-16(9(4)15-11(13)14-8)10-7(19)6(18)5(3-17)20-10/h1-2,5-7,10,17-19H,3H2,(H2,13,14,15). The normalized spacial score (nSPS) is 30.2. The number of aromatic nitrogens is 3. The Morgan fingerprint density at radius 2 is 2.10 bits per heavy atom. The molecule has 3 heterocycles. The van der Waals surface area contributed by atoms with Gasteiger partial charge < -0.3 is 30.4 Å². The smallest absolute Gasteiger partial charge is 0.223 e. The van der Waals surface area contributed by atoms with Crippen LogP contribution >= 0.6 is 11.6 Å². The summed E-state index contributed by atoms with van der Waals surface area (Å²) in [5.74, 6) is -0.00538. The molecule has 20 heavy (non-hydrogen) atoms. The molecule has 0 radical (unpaired) electrons. The van der Waals surface area contributed by atoms with Crippen molar-refractivity contribution < 1.29 is 20.1 Å². The Balaban J connectivity index is 2.07. The second-order valence-electron chi connectivity index (χ2n) is 4.56. The van der Waals surface area contributed by atoms with Crippen molar-refractivity contribution in [2.24, 2.45) is 0 Å². The van der Waals surface area contributed by atoms with Crippen molar-refractivity contribution >= 4 is 28.6 Å². The fraction of sp³-hybridized carbons (Fsp3) is 0.455. The summed E-state index contributed by atoms with van der Waals surface area (Å²) in [7, 11) is 0. The molecule has 1 fully saturated rings. The number of halogens is 1. The highest BCUT2D eigenvalue weighted by Gasteiger charge is 2.43. The number of nitrogen functional groups attached to an aromatic ring is 1. The van der Waals surface area contributed by atoms with Crippen LogP contribution in [0.1, 0.15) is 6.23 Å². The molecule has 8 nitrogen and oxygen atoms in total. The molecule has 0 aromatic carbocycles. The van der Waals surface area contributed by atoms with E-state index in [0.29, 0.717) is 11.0 Å². The van der Waals surface area contributed by atoms with Crippen molar-refractivity contribution in [3.05, 3.63) is 17.4 Å². The Hall–Kier alpha value is -1.45. The first-order valence-electron chi connectivity index (χ1n) is 5.95. The quantitative estimate of drug-likeness (QED) is 0.539. The topological polar surface area (TPSA) is 127 Å². The van der Waals surface area contributed by atoms with Gasteiger partial charge in [-0.1, -0.05) is 11.6 Å². The summed E-state index contributed by atoms with van der Waals surface area (Å²) in [4.78, 5) is 7.89. The van der Waals surface area contributed by atoms with Crippen LogP contribution in [0.3, 0.4) is 0 Å². The van der Waals surface area contributed by atoms with E-state index in [4.69, 9.17) is 27.2 Å². The summed E-state index contributed by atoms with van der Waals surface area (Å²) in [6, 6.07) is 1.66. The Kier molecular flexibility index (Phi) is 3.27. The summed E-state index contributed by atoms with van der Waals surface area (Å²) in [5.41, 5.74) is 5.94. The van der Waals surface area contributed by atoms with E-state index in [1.807, 2.05) is 0 Å². The Morgan fingerprint density at radius 3 is 2.75 bits per heavy atom. The molecule has 3 rings (SSSR count). The van der Waals surface area contributed by atoms with Gasteiger partial charge in [-0.05, 0) is 6.07 Å². The van der Waals surface area contributed by atoms with Crippen LogP contribution in [0.15, 0.2) is 12.3 Å². The first kappa shape index (κ1) is 13.5. The van der Waals surface area contributed by atoms with Crippen molar-refractivity contribution in [2.75, 3.05) is 12.3 Å². The molecule has 2 aromatic heterocycles. The van der Waals surface area contributed by atoms with Gasteiger partial charge in [0.2, 0.25) is 5.95 Å². The zero-order chi connectivity index (χ0) is 14.4. The molecule has 0 bridgehead atoms. The molecule has 0 amide bonds. The van der Waals surface area contributed by atoms with Gasteiger partial charge in [-0.15, -0.1) is 0 Å². The number of fused-ring (bicyclic) bond motifs is 1. The van der Waals surface area contributed by atoms with Crippen molar-refractivity contribution in [3.8, 4) is 0 Å². The third-order valence-electron chi connectivity index (χ3n) is 3.33. The molecule has 1 aliphatic heterocycles. The molecule has 9 heteroatoms. The van der Waals surface area contributed by atoms with Crippen LogP contribution in [0.2, 0.25) is 5.15 Å². The first-order chi connectivity index (χ1) is 9.52. The van der Waals surface area contributed by atoms with Crippen LogP contribution in [0.5, 0.6) is 0 Å². The highest BCUT2D eigenvalue weighted by Crippen LogP contribution is 2.33. The molecule has 1 saturated heterocycles. The maximum atomic E-state index is 10.0. The summed E-state index contributed by atoms with van der Waals surface area (Å²) in [6.45, 7) is -0.397. The number of hydrogen-bond acceptors (Lipinski definition) is 7. The predicted molar refractivity (Wildman–Crippen MR) is 70.0 cm³/mol. The molecule has 1 aliphatic rings. The number of anilines is 1. The van der Waals surface area contributed by atoms with E-state index in [9.17, 15) is 10.2 Å². The minimum Gasteiger partial charge on any atom is -0.394 e. The lowest BCUT2D eigenvalue weighted by Crippen LogP contribution is -2.33. The molecule has 5 N–H and O–H groups in total. The fourth-order valence-electron chi connectivity index (χ4n) is 2.33. The van der Waals surface area contributed by atoms with Crippen LogP contribution in [0.25, 0.3) is 11.0 Å². The van der Waals surface area contributed by atoms with Crippen molar-refractivity contribution in [2.45, 2.75) is 24.5 Å². The zero-order valence-corrected chi connectivity index (χ0v) is 11.0. The monoisotopic (exact) mass is 300 g/mol. The maximum Gasteiger partial charge on any atom is 0.223 e. The van der Waals surface area contributed by atoms with Gasteiger partial charge in [0, 0.05) is 6.20 Å². The largest absolute Gasteiger partial charge is 0.394 e. The lowest BCUT2D eigenvalue weighted by atomic mass is 10.1. The summed E-state index contributed by atoms with van der Waals surface area (Å²) < 4.78 is 6.94. The SMILES string of the molecule is Nc1nc(Cl)c2ccn(C3OC(CO)C(O)C3O)c2n1. The average molecular weight is 301 g/mol. The van der Waals surface area contributed by atoms with Crippen LogP contribution in [-0.2, 0) is 4.74 Å². The molecular weight excluding hydrogens is 288 g/mol. The van der Waals surface area contributed by atoms with Gasteiger partial charge >= 0.3 is 0 Å². The van der Waals surface area contributed by atoms with Crippen molar-refractivity contribution in [1.82, 2.24) is 14.5 Å². The number of aliphatic hydroxyl groups is 3. The van der Waals surface area contributed by atoms with Gasteiger partial charge in [0.15, 0.2) is 6.23 Å². The minimum absolute atomic E-state index is 0.00538. The molecule has 0 saturated carbocycles. The zero-order valence-electron chi connectivity index (χ0n) is 10.2. The van der Waals surface area contributed by atoms with E-state index in [2.05, 4.69) is 9.97 Å². The van der Waals surface area contributed by atoms with Gasteiger partial charge in [-0.25, -0.2) is 4.98 Å². The van der Waals surface area contributed by atoms with Gasteiger partial charge in [-0.2, -0.15) is 4.98 Å². The van der Waals surface area contributed by atoms with Crippen molar-refractivity contribution in [3.63, 3.8) is 0 Å². The van der Waals surface area contributed by atoms with Crippen LogP contribution in [-0.4, -0.2) is 54.8 Å². The van der Waals surface area contributed by atoms with Gasteiger partial charge in [0.1, 0.15) is 29.1 Å². The number of aliphatic hydroxyl groups excluding tert-OH is 3. The number of hydrogen-bond donors (Lipinski definition) is 4. The highest BCUT2D eigenvalue weighted by atomic mass is 35.5. The third kappa shape index (κ3) is 1.93. The second-order valence-corrected chi connectivity index (χ2v) is 4.92. The summed E-state index contributed by atoms with van der Waals surface area (Å²) in [5, 5.41) is 29.6. The molecule has 0 spiro atoms. The van der Waals surface area contributed by atoms with Gasteiger partial charge in [0.05, 0.1) is 12.0 Å². The number of nitrogens with two attached hydrogens (primary N) is 1. The van der Waals surface area contributed by atoms with Crippen LogP contribution in [0.4, 0.5) is 5.95 Å². The van der Waals surface area contributed by atoms with E-state index in [-0.39, 0.29) is 11.1 Å². The lowest BCUT2D eigenvalue weighted by Gasteiger charge is -2.17. The van der Waals surface area contributed by atoms with Crippen LogP contribution in [0, 0.1) is 0 Å². The average Bonchev–Trinajstić information content (AvgIpc) is 2.93. The Labute approximate surface area is 118 Å². The second kappa shape index (κ2) is 4.83. The van der Waals surface area contributed by atoms with E-state index < -0.39 is 31.1 Å². The predicted octanol–water partition coefficient (Wildman–Crippen LogP) is -0.722. The van der Waals surface area contributed by atoms with E-state index >= 15 is 0 Å². The van der Waals surface area contributed by atoms with E-state index in [1.165, 1.54) is 4.57 Å². The number of rotatable bonds is 2. The molecule has 108 valence electrons. The molecule has 4 unspecified atom stereocenters. The number of ether oxygens (including phenoxy) is 1. The molecule has 4 atom stereocenters. The van der Waals surface area contributed by atoms with Crippen molar-refractivity contribution in [1.29, 1.82) is 0 Å². The summed E-state index contributed by atoms with van der Waals surface area (Å²) in [6.07, 6.45) is -2.52. The van der Waals surface area contributed by atoms with Gasteiger partial charge in [0.25, 0.3) is 0 Å². The Morgan fingerprint density at radius 1 is 1.35 bits per heavy atom. The van der Waals surface area contributed by atoms with E-state index in [0.717, 1.165) is 0 Å².